The summed E-state index contributed by atoms with van der Waals surface area (Å²) in [7, 11) is -4.69. The first-order valence-electron chi connectivity index (χ1n) is 12.4. The zero-order valence-electron chi connectivity index (χ0n) is 22.5. The number of nitrogens with two attached hydrogens (primary N) is 1. The van der Waals surface area contributed by atoms with E-state index in [2.05, 4.69) is 44.0 Å². The molecule has 0 saturated carbocycles. The molecule has 2 aromatic carbocycles. The van der Waals surface area contributed by atoms with Gasteiger partial charge in [-0.2, -0.15) is 0 Å². The number of nitrogens with one attached hydrogen (secondary N) is 2. The molecule has 6 N–H and O–H groups in total. The Hall–Kier alpha value is -2.54. The second-order valence-corrected chi connectivity index (χ2v) is 12.4. The molecular weight excluding hydrogens is 574 g/mol. The molecule has 0 bridgehead atoms. The molecule has 4 rings (SSSR count). The molecule has 0 aliphatic carbocycles. The Morgan fingerprint density at radius 1 is 1.10 bits per heavy atom. The quantitative estimate of drug-likeness (QED) is 0.0971. The predicted molar refractivity (Wildman–Crippen MR) is 163 cm³/mol. The van der Waals surface area contributed by atoms with Crippen LogP contribution in [0.2, 0.25) is 0 Å². The number of rotatable bonds is 10. The van der Waals surface area contributed by atoms with Gasteiger partial charge in [0.2, 0.25) is 0 Å². The van der Waals surface area contributed by atoms with Crippen molar-refractivity contribution < 1.29 is 23.7 Å². The van der Waals surface area contributed by atoms with Crippen molar-refractivity contribution >= 4 is 83.3 Å². The van der Waals surface area contributed by atoms with Crippen LogP contribution in [-0.4, -0.2) is 72.3 Å². The van der Waals surface area contributed by atoms with Crippen LogP contribution in [0.3, 0.4) is 0 Å². The standard InChI is InChI=1S/C27H31N6O5PS.Na.H/c1-16(2)21-11-10-20-24(31-21)29-15-30-25(20)32-22-13-17(26(34)33-27(3,4)14-38-39(35,36)37)5-12-23(22)40-19-8-6-18(28)7-9-19;;/h5-13,15-16H,14,28H2,1-4H3,(H,33,34)(H2,35,36,37)(H,29,30,31,32);;. The third-order valence-electron chi connectivity index (χ3n) is 5.76. The van der Waals surface area contributed by atoms with Crippen molar-refractivity contribution in [1.29, 1.82) is 0 Å². The summed E-state index contributed by atoms with van der Waals surface area (Å²) in [5, 5.41) is 6.84. The number of phosphoric ester groups is 1. The Morgan fingerprint density at radius 2 is 1.80 bits per heavy atom. The summed E-state index contributed by atoms with van der Waals surface area (Å²) in [5.41, 5.74) is 7.86. The average molecular weight is 607 g/mol. The fourth-order valence-corrected chi connectivity index (χ4v) is 5.06. The van der Waals surface area contributed by atoms with Gasteiger partial charge in [-0.3, -0.25) is 9.32 Å². The topological polar surface area (TPSA) is 173 Å². The van der Waals surface area contributed by atoms with Gasteiger partial charge in [0.15, 0.2) is 5.65 Å². The minimum absolute atomic E-state index is 0. The van der Waals surface area contributed by atoms with E-state index in [1.807, 2.05) is 42.5 Å². The van der Waals surface area contributed by atoms with Crippen LogP contribution in [0.4, 0.5) is 17.2 Å². The molecule has 0 aliphatic rings. The summed E-state index contributed by atoms with van der Waals surface area (Å²) in [4.78, 5) is 46.4. The number of hydrogen-bond acceptors (Lipinski definition) is 9. The molecule has 0 saturated heterocycles. The Morgan fingerprint density at radius 3 is 2.46 bits per heavy atom. The number of hydrogen-bond donors (Lipinski definition) is 5. The number of fused-ring (bicyclic) bond motifs is 1. The number of amides is 1. The zero-order valence-corrected chi connectivity index (χ0v) is 24.2. The molecular formula is C27H32N6NaO5PS. The molecule has 212 valence electrons. The molecule has 2 heterocycles. The Kier molecular flexibility index (Phi) is 11.0. The van der Waals surface area contributed by atoms with E-state index in [1.165, 1.54) is 18.1 Å². The van der Waals surface area contributed by atoms with Crippen LogP contribution < -0.4 is 16.4 Å². The molecule has 1 amide bonds. The van der Waals surface area contributed by atoms with Crippen molar-refractivity contribution in [1.82, 2.24) is 20.3 Å². The number of carbonyl (C=O) groups excluding carboxylic acids is 1. The van der Waals surface area contributed by atoms with Gasteiger partial charge in [0.05, 0.1) is 23.2 Å². The zero-order chi connectivity index (χ0) is 29.1. The second kappa shape index (κ2) is 13.6. The van der Waals surface area contributed by atoms with Gasteiger partial charge in [-0.1, -0.05) is 25.6 Å². The van der Waals surface area contributed by atoms with Gasteiger partial charge in [0.25, 0.3) is 5.91 Å². The van der Waals surface area contributed by atoms with Crippen LogP contribution in [0.15, 0.2) is 70.7 Å². The Labute approximate surface area is 264 Å². The maximum atomic E-state index is 13.2. The molecule has 0 unspecified atom stereocenters. The number of anilines is 3. The summed E-state index contributed by atoms with van der Waals surface area (Å²) in [5.74, 6) is 0.326. The van der Waals surface area contributed by atoms with Crippen molar-refractivity contribution in [3.05, 3.63) is 72.2 Å². The van der Waals surface area contributed by atoms with Crippen molar-refractivity contribution in [2.24, 2.45) is 0 Å². The van der Waals surface area contributed by atoms with Gasteiger partial charge in [0, 0.05) is 26.7 Å². The van der Waals surface area contributed by atoms with E-state index in [4.69, 9.17) is 15.5 Å². The van der Waals surface area contributed by atoms with E-state index < -0.39 is 19.3 Å². The Bertz CT molecular complexity index is 1580. The molecule has 0 spiro atoms. The van der Waals surface area contributed by atoms with E-state index in [0.717, 1.165) is 20.9 Å². The molecule has 0 aliphatic heterocycles. The fraction of sp³-hybridized carbons (Fsp3) is 0.259. The molecule has 14 heteroatoms. The molecule has 0 radical (unpaired) electrons. The van der Waals surface area contributed by atoms with E-state index in [-0.39, 0.29) is 42.1 Å². The van der Waals surface area contributed by atoms with Gasteiger partial charge in [0.1, 0.15) is 12.1 Å². The van der Waals surface area contributed by atoms with Gasteiger partial charge in [-0.15, -0.1) is 0 Å². The fourth-order valence-electron chi connectivity index (χ4n) is 3.69. The number of aromatic nitrogens is 3. The number of nitrogen functional groups attached to an aromatic ring is 1. The minimum atomic E-state index is -4.69. The summed E-state index contributed by atoms with van der Waals surface area (Å²) in [6, 6.07) is 16.5. The van der Waals surface area contributed by atoms with Gasteiger partial charge < -0.3 is 26.2 Å². The van der Waals surface area contributed by atoms with E-state index in [1.54, 1.807) is 26.0 Å². The normalized spacial score (nSPS) is 11.8. The van der Waals surface area contributed by atoms with Crippen LogP contribution in [0.25, 0.3) is 11.0 Å². The van der Waals surface area contributed by atoms with Crippen molar-refractivity contribution in [2.45, 2.75) is 48.9 Å². The van der Waals surface area contributed by atoms with Crippen LogP contribution in [-0.2, 0) is 9.09 Å². The van der Waals surface area contributed by atoms with Crippen LogP contribution in [0, 0.1) is 0 Å². The van der Waals surface area contributed by atoms with Gasteiger partial charge >= 0.3 is 37.4 Å². The molecule has 2 aromatic heterocycles. The number of carbonyl (C=O) groups is 1. The van der Waals surface area contributed by atoms with Crippen molar-refractivity contribution in [2.75, 3.05) is 17.7 Å². The van der Waals surface area contributed by atoms with Crippen molar-refractivity contribution in [3.8, 4) is 0 Å². The first-order valence-corrected chi connectivity index (χ1v) is 14.7. The third-order valence-corrected chi connectivity index (χ3v) is 7.31. The molecule has 0 atom stereocenters. The van der Waals surface area contributed by atoms with Crippen LogP contribution >= 0.6 is 19.6 Å². The maximum absolute atomic E-state index is 13.2. The first kappa shape index (κ1) is 33.0. The van der Waals surface area contributed by atoms with E-state index >= 15 is 0 Å². The summed E-state index contributed by atoms with van der Waals surface area (Å²) < 4.78 is 15.7. The molecule has 0 fully saturated rings. The van der Waals surface area contributed by atoms with E-state index in [9.17, 15) is 9.36 Å². The SMILES string of the molecule is CC(C)c1ccc2c(Nc3cc(C(=O)NC(C)(C)COP(=O)(O)O)ccc3Sc3ccc(N)cc3)ncnc2n1.[NaH]. The second-order valence-electron chi connectivity index (χ2n) is 10.1. The number of nitrogens with zero attached hydrogens (tertiary/aromatic N) is 3. The summed E-state index contributed by atoms with van der Waals surface area (Å²) >= 11 is 1.48. The van der Waals surface area contributed by atoms with Gasteiger partial charge in [-0.25, -0.2) is 19.5 Å². The van der Waals surface area contributed by atoms with Crippen LogP contribution in [0.5, 0.6) is 0 Å². The molecule has 4 aromatic rings. The Balaban J connectivity index is 0.00000462. The number of phosphoric acid groups is 1. The van der Waals surface area contributed by atoms with Gasteiger partial charge in [-0.05, 0) is 74.4 Å². The number of benzene rings is 2. The average Bonchev–Trinajstić information content (AvgIpc) is 2.89. The third kappa shape index (κ3) is 9.22. The first-order chi connectivity index (χ1) is 18.8. The molecule has 41 heavy (non-hydrogen) atoms. The summed E-state index contributed by atoms with van der Waals surface area (Å²) in [6.07, 6.45) is 1.44. The molecule has 11 nitrogen and oxygen atoms in total. The summed E-state index contributed by atoms with van der Waals surface area (Å²) in [6.45, 7) is 6.96. The number of pyridine rings is 1. The van der Waals surface area contributed by atoms with E-state index in [0.29, 0.717) is 28.4 Å². The van der Waals surface area contributed by atoms with Crippen molar-refractivity contribution in [3.63, 3.8) is 0 Å². The monoisotopic (exact) mass is 606 g/mol. The van der Waals surface area contributed by atoms with Crippen LogP contribution in [0.1, 0.15) is 49.7 Å². The predicted octanol–water partition coefficient (Wildman–Crippen LogP) is 4.59.